The van der Waals surface area contributed by atoms with E-state index in [1.807, 2.05) is 11.8 Å². The topological polar surface area (TPSA) is 45.7 Å². The molecule has 0 aromatic heterocycles. The Balaban J connectivity index is 0.00000400. The highest BCUT2D eigenvalue weighted by Crippen LogP contribution is 2.10. The molecule has 0 aromatic rings. The number of thioether (sulfide) groups is 1. The van der Waals surface area contributed by atoms with Gasteiger partial charge in [0.1, 0.15) is 0 Å². The van der Waals surface area contributed by atoms with Crippen LogP contribution < -0.4 is 10.6 Å². The smallest absolute Gasteiger partial charge is 0.191 e. The summed E-state index contributed by atoms with van der Waals surface area (Å²) < 4.78 is 5.32. The lowest BCUT2D eigenvalue weighted by Crippen LogP contribution is -2.38. The van der Waals surface area contributed by atoms with Crippen LogP contribution in [0.2, 0.25) is 0 Å². The van der Waals surface area contributed by atoms with Gasteiger partial charge in [-0.25, -0.2) is 0 Å². The van der Waals surface area contributed by atoms with Gasteiger partial charge < -0.3 is 15.4 Å². The van der Waals surface area contributed by atoms with Gasteiger partial charge in [-0.1, -0.05) is 11.6 Å². The predicted octanol–water partition coefficient (Wildman–Crippen LogP) is 3.04. The number of rotatable bonds is 9. The molecule has 2 N–H and O–H groups in total. The first-order chi connectivity index (χ1) is 9.86. The molecule has 1 rings (SSSR count). The fourth-order valence-electron chi connectivity index (χ4n) is 2.02. The van der Waals surface area contributed by atoms with E-state index in [0.29, 0.717) is 0 Å². The number of nitrogens with zero attached hydrogens (tertiary/aromatic N) is 1. The van der Waals surface area contributed by atoms with E-state index in [1.165, 1.54) is 24.2 Å². The number of halogens is 1. The maximum absolute atomic E-state index is 5.32. The molecule has 0 fully saturated rings. The maximum atomic E-state index is 5.32. The standard InChI is InChI=1S/C15H29N3OS.HI/c1-3-16-15(17-9-4-5-13-20-2)18-10-6-14-7-11-19-12-8-14;/h7H,3-6,8-13H2,1-2H3,(H2,16,17,18);1H. The quantitative estimate of drug-likeness (QED) is 0.195. The van der Waals surface area contributed by atoms with Crippen LogP contribution in [0.5, 0.6) is 0 Å². The molecule has 0 saturated carbocycles. The molecular weight excluding hydrogens is 397 g/mol. The molecular formula is C15H30IN3OS. The van der Waals surface area contributed by atoms with Crippen molar-refractivity contribution in [3.8, 4) is 0 Å². The van der Waals surface area contributed by atoms with Crippen molar-refractivity contribution in [2.75, 3.05) is 44.9 Å². The van der Waals surface area contributed by atoms with Crippen LogP contribution in [0.1, 0.15) is 32.6 Å². The zero-order valence-corrected chi connectivity index (χ0v) is 16.5. The van der Waals surface area contributed by atoms with E-state index < -0.39 is 0 Å². The highest BCUT2D eigenvalue weighted by molar-refractivity contribution is 14.0. The van der Waals surface area contributed by atoms with Gasteiger partial charge in [-0.3, -0.25) is 4.99 Å². The number of ether oxygens (including phenoxy) is 1. The van der Waals surface area contributed by atoms with E-state index in [2.05, 4.69) is 34.9 Å². The SMILES string of the molecule is CCNC(=NCCCCSC)NCCC1=CCOCC1.I. The molecule has 0 bridgehead atoms. The fraction of sp³-hybridized carbons (Fsp3) is 0.800. The normalized spacial score (nSPS) is 15.1. The summed E-state index contributed by atoms with van der Waals surface area (Å²) in [5, 5.41) is 6.71. The van der Waals surface area contributed by atoms with Crippen molar-refractivity contribution in [1.29, 1.82) is 0 Å². The molecule has 0 aliphatic carbocycles. The van der Waals surface area contributed by atoms with Crippen LogP contribution in [0.15, 0.2) is 16.6 Å². The van der Waals surface area contributed by atoms with Crippen molar-refractivity contribution in [2.24, 2.45) is 4.99 Å². The Morgan fingerprint density at radius 2 is 2.24 bits per heavy atom. The van der Waals surface area contributed by atoms with Crippen molar-refractivity contribution in [1.82, 2.24) is 10.6 Å². The number of unbranched alkanes of at least 4 members (excludes halogenated alkanes) is 1. The summed E-state index contributed by atoms with van der Waals surface area (Å²) in [7, 11) is 0. The Labute approximate surface area is 151 Å². The predicted molar refractivity (Wildman–Crippen MR) is 105 cm³/mol. The second-order valence-electron chi connectivity index (χ2n) is 4.82. The maximum Gasteiger partial charge on any atom is 0.191 e. The van der Waals surface area contributed by atoms with Gasteiger partial charge in [-0.2, -0.15) is 11.8 Å². The van der Waals surface area contributed by atoms with Gasteiger partial charge in [0.05, 0.1) is 13.2 Å². The minimum absolute atomic E-state index is 0. The van der Waals surface area contributed by atoms with Gasteiger partial charge in [0.25, 0.3) is 0 Å². The lowest BCUT2D eigenvalue weighted by atomic mass is 10.1. The number of nitrogens with one attached hydrogen (secondary N) is 2. The highest BCUT2D eigenvalue weighted by Gasteiger charge is 2.04. The summed E-state index contributed by atoms with van der Waals surface area (Å²) >= 11 is 1.90. The van der Waals surface area contributed by atoms with Crippen LogP contribution >= 0.6 is 35.7 Å². The molecule has 4 nitrogen and oxygen atoms in total. The van der Waals surface area contributed by atoms with Gasteiger partial charge >= 0.3 is 0 Å². The summed E-state index contributed by atoms with van der Waals surface area (Å²) in [5.41, 5.74) is 1.50. The first-order valence-corrected chi connectivity index (χ1v) is 9.03. The Bertz CT molecular complexity index is 311. The molecule has 1 heterocycles. The van der Waals surface area contributed by atoms with E-state index >= 15 is 0 Å². The van der Waals surface area contributed by atoms with E-state index in [1.54, 1.807) is 0 Å². The van der Waals surface area contributed by atoms with Gasteiger partial charge in [0.15, 0.2) is 5.96 Å². The van der Waals surface area contributed by atoms with Crippen molar-refractivity contribution in [3.05, 3.63) is 11.6 Å². The van der Waals surface area contributed by atoms with Crippen LogP contribution in [0.3, 0.4) is 0 Å². The second kappa shape index (κ2) is 15.0. The first kappa shape index (κ1) is 21.0. The molecule has 124 valence electrons. The number of guanidine groups is 1. The number of hydrogen-bond acceptors (Lipinski definition) is 3. The molecule has 0 amide bonds. The van der Waals surface area contributed by atoms with Crippen LogP contribution in [0.4, 0.5) is 0 Å². The van der Waals surface area contributed by atoms with Gasteiger partial charge in [0.2, 0.25) is 0 Å². The van der Waals surface area contributed by atoms with E-state index in [-0.39, 0.29) is 24.0 Å². The Kier molecular flexibility index (Phi) is 15.0. The third kappa shape index (κ3) is 11.3. The zero-order valence-electron chi connectivity index (χ0n) is 13.3. The summed E-state index contributed by atoms with van der Waals surface area (Å²) in [6.45, 7) is 6.52. The summed E-state index contributed by atoms with van der Waals surface area (Å²) in [6, 6.07) is 0. The van der Waals surface area contributed by atoms with E-state index in [0.717, 1.165) is 51.6 Å². The molecule has 1 aliphatic heterocycles. The molecule has 6 heteroatoms. The van der Waals surface area contributed by atoms with E-state index in [4.69, 9.17) is 4.74 Å². The molecule has 0 unspecified atom stereocenters. The van der Waals surface area contributed by atoms with Gasteiger partial charge in [-0.05, 0) is 44.6 Å². The lowest BCUT2D eigenvalue weighted by Gasteiger charge is -2.15. The van der Waals surface area contributed by atoms with Crippen LogP contribution in [0, 0.1) is 0 Å². The number of aliphatic imine (C=N–C) groups is 1. The third-order valence-corrected chi connectivity index (χ3v) is 3.86. The van der Waals surface area contributed by atoms with Crippen LogP contribution in [-0.4, -0.2) is 50.8 Å². The summed E-state index contributed by atoms with van der Waals surface area (Å²) in [6.07, 6.45) is 8.93. The third-order valence-electron chi connectivity index (χ3n) is 3.17. The lowest BCUT2D eigenvalue weighted by molar-refractivity contribution is 0.153. The molecule has 0 aromatic carbocycles. The van der Waals surface area contributed by atoms with E-state index in [9.17, 15) is 0 Å². The van der Waals surface area contributed by atoms with Crippen molar-refractivity contribution in [3.63, 3.8) is 0 Å². The Morgan fingerprint density at radius 3 is 2.90 bits per heavy atom. The Morgan fingerprint density at radius 1 is 1.38 bits per heavy atom. The number of hydrogen-bond donors (Lipinski definition) is 2. The van der Waals surface area contributed by atoms with Crippen molar-refractivity contribution < 1.29 is 4.74 Å². The van der Waals surface area contributed by atoms with Crippen LogP contribution in [0.25, 0.3) is 0 Å². The second-order valence-corrected chi connectivity index (χ2v) is 5.81. The Hall–Kier alpha value is 0.0500. The average Bonchev–Trinajstić information content (AvgIpc) is 2.48. The fourth-order valence-corrected chi connectivity index (χ4v) is 2.52. The van der Waals surface area contributed by atoms with Crippen LogP contribution in [-0.2, 0) is 4.74 Å². The molecule has 0 radical (unpaired) electrons. The monoisotopic (exact) mass is 427 g/mol. The molecule has 0 saturated heterocycles. The largest absolute Gasteiger partial charge is 0.377 e. The average molecular weight is 427 g/mol. The first-order valence-electron chi connectivity index (χ1n) is 7.63. The van der Waals surface area contributed by atoms with Crippen molar-refractivity contribution in [2.45, 2.75) is 32.6 Å². The molecule has 21 heavy (non-hydrogen) atoms. The molecule has 1 aliphatic rings. The molecule has 0 spiro atoms. The van der Waals surface area contributed by atoms with Gasteiger partial charge in [-0.15, -0.1) is 24.0 Å². The zero-order chi connectivity index (χ0) is 14.5. The highest BCUT2D eigenvalue weighted by atomic mass is 127. The summed E-state index contributed by atoms with van der Waals surface area (Å²) in [4.78, 5) is 4.61. The minimum Gasteiger partial charge on any atom is -0.377 e. The minimum atomic E-state index is 0. The van der Waals surface area contributed by atoms with Gasteiger partial charge in [0, 0.05) is 19.6 Å². The van der Waals surface area contributed by atoms with Crippen molar-refractivity contribution >= 4 is 41.7 Å². The summed E-state index contributed by atoms with van der Waals surface area (Å²) in [5.74, 6) is 2.18. The molecule has 0 atom stereocenters.